The molecule has 0 N–H and O–H groups in total. The molecule has 0 fully saturated rings. The molecular formula is C39H24F2N2. The maximum atomic E-state index is 15.4. The minimum atomic E-state index is -3.02. The molecule has 2 nitrogen and oxygen atoms in total. The summed E-state index contributed by atoms with van der Waals surface area (Å²) in [5, 5.41) is 2.04. The number of benzene rings is 6. The number of halogens is 2. The monoisotopic (exact) mass is 558 g/mol. The van der Waals surface area contributed by atoms with Gasteiger partial charge in [-0.1, -0.05) is 121 Å². The minimum absolute atomic E-state index is 0.0552. The first-order valence-electron chi connectivity index (χ1n) is 14.2. The van der Waals surface area contributed by atoms with Crippen LogP contribution in [-0.2, 0) is 5.92 Å². The molecule has 7 aromatic rings. The molecule has 6 aromatic carbocycles. The van der Waals surface area contributed by atoms with Gasteiger partial charge in [0.1, 0.15) is 0 Å². The summed E-state index contributed by atoms with van der Waals surface area (Å²) in [6, 6.07) is 46.6. The van der Waals surface area contributed by atoms with Crippen LogP contribution < -0.4 is 0 Å². The van der Waals surface area contributed by atoms with Crippen LogP contribution in [0.5, 0.6) is 0 Å². The molecule has 0 amide bonds. The van der Waals surface area contributed by atoms with E-state index in [1.165, 1.54) is 6.07 Å². The molecule has 1 heterocycles. The van der Waals surface area contributed by atoms with Gasteiger partial charge in [0.05, 0.1) is 11.4 Å². The van der Waals surface area contributed by atoms with E-state index < -0.39 is 5.92 Å². The fourth-order valence-electron chi connectivity index (χ4n) is 6.01. The smallest absolute Gasteiger partial charge is 0.228 e. The molecule has 0 atom stereocenters. The SMILES string of the molecule is FC1(F)c2ccccc2-c2ccc(-c3ccc4ccc(-c5nc(-c6ccccc6)cc(-c6ccccc6)n5)cc4c3)cc21. The predicted molar refractivity (Wildman–Crippen MR) is 170 cm³/mol. The number of aromatic nitrogens is 2. The molecule has 0 spiro atoms. The van der Waals surface area contributed by atoms with Crippen molar-refractivity contribution in [2.45, 2.75) is 5.92 Å². The molecule has 0 unspecified atom stereocenters. The van der Waals surface area contributed by atoms with Crippen molar-refractivity contribution in [2.24, 2.45) is 0 Å². The van der Waals surface area contributed by atoms with Gasteiger partial charge in [-0.3, -0.25) is 0 Å². The van der Waals surface area contributed by atoms with Crippen molar-refractivity contribution < 1.29 is 8.78 Å². The third kappa shape index (κ3) is 4.31. The Labute approximate surface area is 248 Å². The molecule has 0 radical (unpaired) electrons. The van der Waals surface area contributed by atoms with Gasteiger partial charge in [-0.05, 0) is 57.3 Å². The van der Waals surface area contributed by atoms with Crippen molar-refractivity contribution in [3.63, 3.8) is 0 Å². The molecule has 8 rings (SSSR count). The summed E-state index contributed by atoms with van der Waals surface area (Å²) in [5.74, 6) is -2.40. The first kappa shape index (κ1) is 25.2. The second kappa shape index (κ2) is 9.81. The lowest BCUT2D eigenvalue weighted by Gasteiger charge is -2.14. The Balaban J connectivity index is 1.23. The lowest BCUT2D eigenvalue weighted by Crippen LogP contribution is -2.10. The standard InChI is InChI=1S/C39H24F2N2/c40-39(41)34-14-8-7-13-32(34)33-20-19-29(23-35(33)39)28-17-15-25-16-18-30(22-31(25)21-28)38-42-36(26-9-3-1-4-10-26)24-37(43-38)27-11-5-2-6-12-27/h1-24H. The van der Waals surface area contributed by atoms with Crippen molar-refractivity contribution in [1.82, 2.24) is 9.97 Å². The van der Waals surface area contributed by atoms with Crippen LogP contribution >= 0.6 is 0 Å². The van der Waals surface area contributed by atoms with Gasteiger partial charge in [-0.25, -0.2) is 9.97 Å². The highest BCUT2D eigenvalue weighted by molar-refractivity contribution is 5.91. The van der Waals surface area contributed by atoms with Gasteiger partial charge in [0, 0.05) is 27.8 Å². The Morgan fingerprint density at radius 1 is 0.395 bits per heavy atom. The van der Waals surface area contributed by atoms with Crippen LogP contribution in [0.1, 0.15) is 11.1 Å². The van der Waals surface area contributed by atoms with Gasteiger partial charge in [0.2, 0.25) is 0 Å². The Hall–Kier alpha value is -5.48. The fourth-order valence-corrected chi connectivity index (χ4v) is 6.01. The van der Waals surface area contributed by atoms with E-state index >= 15 is 8.78 Å². The maximum absolute atomic E-state index is 15.4. The zero-order chi connectivity index (χ0) is 29.0. The molecule has 4 heteroatoms. The molecule has 1 aliphatic rings. The molecule has 0 bridgehead atoms. The van der Waals surface area contributed by atoms with E-state index in [0.717, 1.165) is 50.0 Å². The Morgan fingerprint density at radius 3 is 1.63 bits per heavy atom. The van der Waals surface area contributed by atoms with Gasteiger partial charge < -0.3 is 0 Å². The number of fused-ring (bicyclic) bond motifs is 4. The summed E-state index contributed by atoms with van der Waals surface area (Å²) < 4.78 is 30.8. The second-order valence-corrected chi connectivity index (χ2v) is 10.9. The van der Waals surface area contributed by atoms with Gasteiger partial charge in [0.15, 0.2) is 5.82 Å². The van der Waals surface area contributed by atoms with Crippen molar-refractivity contribution in [2.75, 3.05) is 0 Å². The van der Waals surface area contributed by atoms with Crippen molar-refractivity contribution in [1.29, 1.82) is 0 Å². The average Bonchev–Trinajstić information content (AvgIpc) is 3.30. The fraction of sp³-hybridized carbons (Fsp3) is 0.0256. The normalized spacial score (nSPS) is 13.1. The van der Waals surface area contributed by atoms with E-state index in [1.807, 2.05) is 97.1 Å². The zero-order valence-electron chi connectivity index (χ0n) is 23.0. The van der Waals surface area contributed by atoms with Crippen molar-refractivity contribution in [3.05, 3.63) is 157 Å². The molecule has 0 saturated carbocycles. The first-order valence-corrected chi connectivity index (χ1v) is 14.2. The Kier molecular flexibility index (Phi) is 5.76. The van der Waals surface area contributed by atoms with Gasteiger partial charge in [-0.15, -0.1) is 0 Å². The second-order valence-electron chi connectivity index (χ2n) is 10.9. The highest BCUT2D eigenvalue weighted by Gasteiger charge is 2.44. The highest BCUT2D eigenvalue weighted by atomic mass is 19.3. The van der Waals surface area contributed by atoms with Crippen LogP contribution in [0.3, 0.4) is 0 Å². The molecule has 0 saturated heterocycles. The molecule has 1 aromatic heterocycles. The molecule has 0 aliphatic heterocycles. The minimum Gasteiger partial charge on any atom is -0.228 e. The van der Waals surface area contributed by atoms with Crippen LogP contribution in [0.15, 0.2) is 146 Å². The average molecular weight is 559 g/mol. The van der Waals surface area contributed by atoms with E-state index in [0.29, 0.717) is 17.0 Å². The third-order valence-electron chi connectivity index (χ3n) is 8.21. The third-order valence-corrected chi connectivity index (χ3v) is 8.21. The summed E-state index contributed by atoms with van der Waals surface area (Å²) in [7, 11) is 0. The van der Waals surface area contributed by atoms with Crippen molar-refractivity contribution >= 4 is 10.8 Å². The predicted octanol–water partition coefficient (Wildman–Crippen LogP) is 10.4. The van der Waals surface area contributed by atoms with Crippen LogP contribution in [0.25, 0.3) is 66.9 Å². The lowest BCUT2D eigenvalue weighted by molar-refractivity contribution is 0.0480. The number of hydrogen-bond acceptors (Lipinski definition) is 2. The number of hydrogen-bond donors (Lipinski definition) is 0. The van der Waals surface area contributed by atoms with Crippen LogP contribution in [-0.4, -0.2) is 9.97 Å². The lowest BCUT2D eigenvalue weighted by atomic mass is 9.96. The quantitative estimate of drug-likeness (QED) is 0.215. The molecule has 204 valence electrons. The van der Waals surface area contributed by atoms with Gasteiger partial charge in [-0.2, -0.15) is 8.78 Å². The zero-order valence-corrected chi connectivity index (χ0v) is 23.0. The topological polar surface area (TPSA) is 25.8 Å². The Morgan fingerprint density at radius 2 is 0.930 bits per heavy atom. The van der Waals surface area contributed by atoms with E-state index in [2.05, 4.69) is 18.2 Å². The highest BCUT2D eigenvalue weighted by Crippen LogP contribution is 2.51. The number of nitrogens with zero attached hydrogens (tertiary/aromatic N) is 2. The number of alkyl halides is 2. The molecule has 1 aliphatic carbocycles. The van der Waals surface area contributed by atoms with Crippen molar-refractivity contribution in [3.8, 4) is 56.2 Å². The molecular weight excluding hydrogens is 534 g/mol. The molecule has 43 heavy (non-hydrogen) atoms. The van der Waals surface area contributed by atoms with Crippen LogP contribution in [0.4, 0.5) is 8.78 Å². The van der Waals surface area contributed by atoms with Crippen LogP contribution in [0, 0.1) is 0 Å². The summed E-state index contributed by atoms with van der Waals surface area (Å²) in [4.78, 5) is 9.93. The summed E-state index contributed by atoms with van der Waals surface area (Å²) >= 11 is 0. The van der Waals surface area contributed by atoms with E-state index in [4.69, 9.17) is 9.97 Å². The summed E-state index contributed by atoms with van der Waals surface area (Å²) in [5.41, 5.74) is 7.56. The van der Waals surface area contributed by atoms with E-state index in [9.17, 15) is 0 Å². The summed E-state index contributed by atoms with van der Waals surface area (Å²) in [6.45, 7) is 0. The Bertz CT molecular complexity index is 2100. The largest absolute Gasteiger partial charge is 0.299 e. The first-order chi connectivity index (χ1) is 21.0. The summed E-state index contributed by atoms with van der Waals surface area (Å²) in [6.07, 6.45) is 0. The van der Waals surface area contributed by atoms with E-state index in [-0.39, 0.29) is 11.1 Å². The van der Waals surface area contributed by atoms with Gasteiger partial charge >= 0.3 is 0 Å². The van der Waals surface area contributed by atoms with E-state index in [1.54, 1.807) is 24.3 Å². The van der Waals surface area contributed by atoms with Gasteiger partial charge in [0.25, 0.3) is 5.92 Å². The number of rotatable bonds is 4. The van der Waals surface area contributed by atoms with Crippen LogP contribution in [0.2, 0.25) is 0 Å². The maximum Gasteiger partial charge on any atom is 0.299 e.